The Morgan fingerprint density at radius 1 is 1.04 bits per heavy atom. The van der Waals surface area contributed by atoms with Gasteiger partial charge in [-0.3, -0.25) is 19.8 Å². The van der Waals surface area contributed by atoms with Gasteiger partial charge in [0.15, 0.2) is 0 Å². The van der Waals surface area contributed by atoms with E-state index in [2.05, 4.69) is 10.6 Å². The van der Waals surface area contributed by atoms with Crippen LogP contribution in [0.5, 0.6) is 0 Å². The molecule has 154 valence electrons. The van der Waals surface area contributed by atoms with E-state index in [1.54, 1.807) is 4.90 Å². The zero-order valence-corrected chi connectivity index (χ0v) is 15.5. The zero-order valence-electron chi connectivity index (χ0n) is 15.5. The predicted molar refractivity (Wildman–Crippen MR) is 95.6 cm³/mol. The maximum absolute atomic E-state index is 12.6. The lowest BCUT2D eigenvalue weighted by Crippen LogP contribution is -2.52. The Hall–Kier alpha value is -2.62. The van der Waals surface area contributed by atoms with Crippen LogP contribution in [0.2, 0.25) is 0 Å². The average Bonchev–Trinajstić information content (AvgIpc) is 2.65. The van der Waals surface area contributed by atoms with Crippen LogP contribution in [-0.4, -0.2) is 66.9 Å². The van der Waals surface area contributed by atoms with Crippen molar-refractivity contribution in [2.75, 3.05) is 39.3 Å². The molecule has 0 saturated carbocycles. The number of imide groups is 1. The number of benzene rings is 1. The molecule has 0 aromatic heterocycles. The minimum Gasteiger partial charge on any atom is -0.338 e. The van der Waals surface area contributed by atoms with E-state index in [1.807, 2.05) is 6.92 Å². The predicted octanol–water partition coefficient (Wildman–Crippen LogP) is 1.70. The standard InChI is InChI=1S/C18H23F3N4O3/c1-2-7-22-17(28)23-15(26)12-24-8-10-25(11-9-24)16(27)13-3-5-14(6-4-13)18(19,20)21/h3-6H,2,7-12H2,1H3,(H2,22,23,26,28). The minimum absolute atomic E-state index is 0.0296. The van der Waals surface area contributed by atoms with Crippen molar-refractivity contribution in [2.45, 2.75) is 19.5 Å². The van der Waals surface area contributed by atoms with Gasteiger partial charge in [-0.05, 0) is 30.7 Å². The van der Waals surface area contributed by atoms with Crippen LogP contribution in [-0.2, 0) is 11.0 Å². The molecule has 10 heteroatoms. The minimum atomic E-state index is -4.44. The van der Waals surface area contributed by atoms with Crippen LogP contribution >= 0.6 is 0 Å². The van der Waals surface area contributed by atoms with Crippen molar-refractivity contribution in [3.63, 3.8) is 0 Å². The Kier molecular flexibility index (Phi) is 7.38. The van der Waals surface area contributed by atoms with Gasteiger partial charge < -0.3 is 10.2 Å². The van der Waals surface area contributed by atoms with Crippen molar-refractivity contribution in [3.8, 4) is 0 Å². The maximum atomic E-state index is 12.6. The highest BCUT2D eigenvalue weighted by Gasteiger charge is 2.30. The Morgan fingerprint density at radius 3 is 2.18 bits per heavy atom. The molecular weight excluding hydrogens is 377 g/mol. The van der Waals surface area contributed by atoms with Gasteiger partial charge in [-0.1, -0.05) is 6.92 Å². The summed E-state index contributed by atoms with van der Waals surface area (Å²) in [4.78, 5) is 39.1. The summed E-state index contributed by atoms with van der Waals surface area (Å²) in [5.41, 5.74) is -0.616. The topological polar surface area (TPSA) is 81.8 Å². The van der Waals surface area contributed by atoms with Crippen molar-refractivity contribution >= 4 is 17.8 Å². The van der Waals surface area contributed by atoms with Crippen molar-refractivity contribution in [1.82, 2.24) is 20.4 Å². The van der Waals surface area contributed by atoms with Crippen molar-refractivity contribution in [1.29, 1.82) is 0 Å². The molecule has 0 spiro atoms. The molecule has 0 atom stereocenters. The SMILES string of the molecule is CCCNC(=O)NC(=O)CN1CCN(C(=O)c2ccc(C(F)(F)F)cc2)CC1. The molecule has 0 unspecified atom stereocenters. The first-order valence-corrected chi connectivity index (χ1v) is 8.97. The zero-order chi connectivity index (χ0) is 20.7. The van der Waals surface area contributed by atoms with Crippen LogP contribution in [0.1, 0.15) is 29.3 Å². The van der Waals surface area contributed by atoms with E-state index in [0.717, 1.165) is 18.6 Å². The number of piperazine rings is 1. The highest BCUT2D eigenvalue weighted by molar-refractivity contribution is 5.95. The lowest BCUT2D eigenvalue weighted by Gasteiger charge is -2.34. The Labute approximate surface area is 160 Å². The molecule has 1 aromatic rings. The highest BCUT2D eigenvalue weighted by Crippen LogP contribution is 2.29. The van der Waals surface area contributed by atoms with Gasteiger partial charge in [0, 0.05) is 38.3 Å². The number of amides is 4. The summed E-state index contributed by atoms with van der Waals surface area (Å²) in [6.45, 7) is 3.94. The number of rotatable bonds is 5. The summed E-state index contributed by atoms with van der Waals surface area (Å²) >= 11 is 0. The van der Waals surface area contributed by atoms with Gasteiger partial charge in [0.2, 0.25) is 5.91 Å². The first kappa shape index (κ1) is 21.7. The van der Waals surface area contributed by atoms with E-state index in [9.17, 15) is 27.6 Å². The molecule has 2 N–H and O–H groups in total. The number of halogens is 3. The number of carbonyl (C=O) groups is 3. The van der Waals surface area contributed by atoms with Crippen LogP contribution in [0.25, 0.3) is 0 Å². The van der Waals surface area contributed by atoms with Gasteiger partial charge >= 0.3 is 12.2 Å². The third kappa shape index (κ3) is 6.22. The summed E-state index contributed by atoms with van der Waals surface area (Å²) in [6.07, 6.45) is -3.68. The molecule has 2 rings (SSSR count). The van der Waals surface area contributed by atoms with Crippen molar-refractivity contribution < 1.29 is 27.6 Å². The molecule has 1 aliphatic heterocycles. The lowest BCUT2D eigenvalue weighted by atomic mass is 10.1. The molecular formula is C18H23F3N4O3. The quantitative estimate of drug-likeness (QED) is 0.788. The smallest absolute Gasteiger partial charge is 0.338 e. The van der Waals surface area contributed by atoms with E-state index in [4.69, 9.17) is 0 Å². The molecule has 0 aliphatic carbocycles. The molecule has 4 amide bonds. The van der Waals surface area contributed by atoms with Gasteiger partial charge in [0.05, 0.1) is 12.1 Å². The first-order chi connectivity index (χ1) is 13.2. The summed E-state index contributed by atoms with van der Waals surface area (Å²) in [5.74, 6) is -0.784. The Morgan fingerprint density at radius 2 is 1.64 bits per heavy atom. The number of alkyl halides is 3. The van der Waals surface area contributed by atoms with Gasteiger partial charge in [-0.25, -0.2) is 4.79 Å². The summed E-state index contributed by atoms with van der Waals surface area (Å²) in [6, 6.07) is 3.57. The van der Waals surface area contributed by atoms with Crippen LogP contribution < -0.4 is 10.6 Å². The van der Waals surface area contributed by atoms with Gasteiger partial charge in [-0.2, -0.15) is 13.2 Å². The van der Waals surface area contributed by atoms with Crippen LogP contribution in [0, 0.1) is 0 Å². The molecule has 1 aromatic carbocycles. The largest absolute Gasteiger partial charge is 0.416 e. The second-order valence-electron chi connectivity index (χ2n) is 6.45. The molecule has 28 heavy (non-hydrogen) atoms. The number of hydrogen-bond acceptors (Lipinski definition) is 4. The van der Waals surface area contributed by atoms with Crippen LogP contribution in [0.3, 0.4) is 0 Å². The number of urea groups is 1. The van der Waals surface area contributed by atoms with Gasteiger partial charge in [0.1, 0.15) is 0 Å². The monoisotopic (exact) mass is 400 g/mol. The van der Waals surface area contributed by atoms with E-state index >= 15 is 0 Å². The van der Waals surface area contributed by atoms with E-state index in [-0.39, 0.29) is 18.0 Å². The van der Waals surface area contributed by atoms with Gasteiger partial charge in [-0.15, -0.1) is 0 Å². The summed E-state index contributed by atoms with van der Waals surface area (Å²) in [5, 5.41) is 4.78. The van der Waals surface area contributed by atoms with Crippen LogP contribution in [0.15, 0.2) is 24.3 Å². The molecule has 1 fully saturated rings. The van der Waals surface area contributed by atoms with Crippen molar-refractivity contribution in [3.05, 3.63) is 35.4 Å². The molecule has 7 nitrogen and oxygen atoms in total. The lowest BCUT2D eigenvalue weighted by molar-refractivity contribution is -0.137. The Bertz CT molecular complexity index is 699. The highest BCUT2D eigenvalue weighted by atomic mass is 19.4. The number of carbonyl (C=O) groups excluding carboxylic acids is 3. The fourth-order valence-electron chi connectivity index (χ4n) is 2.75. The average molecular weight is 400 g/mol. The first-order valence-electron chi connectivity index (χ1n) is 8.97. The third-order valence-electron chi connectivity index (χ3n) is 4.27. The fourth-order valence-corrected chi connectivity index (χ4v) is 2.75. The van der Waals surface area contributed by atoms with E-state index in [1.165, 1.54) is 17.0 Å². The maximum Gasteiger partial charge on any atom is 0.416 e. The Balaban J connectivity index is 1.80. The van der Waals surface area contributed by atoms with Crippen molar-refractivity contribution in [2.24, 2.45) is 0 Å². The summed E-state index contributed by atoms with van der Waals surface area (Å²) in [7, 11) is 0. The second kappa shape index (κ2) is 9.54. The molecule has 0 bridgehead atoms. The third-order valence-corrected chi connectivity index (χ3v) is 4.27. The fraction of sp³-hybridized carbons (Fsp3) is 0.500. The molecule has 1 heterocycles. The van der Waals surface area contributed by atoms with Gasteiger partial charge in [0.25, 0.3) is 5.91 Å². The summed E-state index contributed by atoms with van der Waals surface area (Å²) < 4.78 is 37.8. The normalized spacial score (nSPS) is 15.2. The molecule has 1 saturated heterocycles. The van der Waals surface area contributed by atoms with E-state index < -0.39 is 23.7 Å². The molecule has 0 radical (unpaired) electrons. The van der Waals surface area contributed by atoms with E-state index in [0.29, 0.717) is 32.7 Å². The number of nitrogens with zero attached hydrogens (tertiary/aromatic N) is 2. The molecule has 1 aliphatic rings. The number of nitrogens with one attached hydrogen (secondary N) is 2. The van der Waals surface area contributed by atoms with Crippen LogP contribution in [0.4, 0.5) is 18.0 Å². The number of hydrogen-bond donors (Lipinski definition) is 2. The second-order valence-corrected chi connectivity index (χ2v) is 6.45.